The monoisotopic (exact) mass is 398 g/mol. The third-order valence-electron chi connectivity index (χ3n) is 4.11. The van der Waals surface area contributed by atoms with E-state index in [-0.39, 0.29) is 22.1 Å². The SMILES string of the molecule is Cc1cccc(NC(=O)c2cccc(NS(=O)(=O)c3ccc(C)c(F)c3)c2)c1. The van der Waals surface area contributed by atoms with Gasteiger partial charge in [0, 0.05) is 16.9 Å². The number of rotatable bonds is 5. The van der Waals surface area contributed by atoms with Crippen molar-refractivity contribution in [1.29, 1.82) is 0 Å². The molecule has 3 rings (SSSR count). The summed E-state index contributed by atoms with van der Waals surface area (Å²) in [6.07, 6.45) is 0. The van der Waals surface area contributed by atoms with Gasteiger partial charge in [-0.1, -0.05) is 24.3 Å². The molecule has 0 unspecified atom stereocenters. The highest BCUT2D eigenvalue weighted by molar-refractivity contribution is 7.92. The maximum Gasteiger partial charge on any atom is 0.261 e. The minimum absolute atomic E-state index is 0.190. The molecule has 3 aromatic carbocycles. The standard InChI is InChI=1S/C21H19FN2O3S/c1-14-5-3-7-17(11-14)23-21(25)16-6-4-8-18(12-16)24-28(26,27)19-10-9-15(2)20(22)13-19/h3-13,24H,1-2H3,(H,23,25). The van der Waals surface area contributed by atoms with Crippen molar-refractivity contribution in [3.8, 4) is 0 Å². The summed E-state index contributed by atoms with van der Waals surface area (Å²) in [6, 6.07) is 17.1. The summed E-state index contributed by atoms with van der Waals surface area (Å²) in [7, 11) is -3.98. The van der Waals surface area contributed by atoms with Gasteiger partial charge in [0.15, 0.2) is 0 Å². The Hall–Kier alpha value is -3.19. The van der Waals surface area contributed by atoms with E-state index >= 15 is 0 Å². The molecular formula is C21H19FN2O3S. The van der Waals surface area contributed by atoms with E-state index < -0.39 is 15.8 Å². The fraction of sp³-hybridized carbons (Fsp3) is 0.0952. The first-order valence-corrected chi connectivity index (χ1v) is 10.00. The third-order valence-corrected chi connectivity index (χ3v) is 5.49. The van der Waals surface area contributed by atoms with E-state index in [9.17, 15) is 17.6 Å². The Morgan fingerprint density at radius 1 is 0.893 bits per heavy atom. The van der Waals surface area contributed by atoms with Crippen LogP contribution in [0.5, 0.6) is 0 Å². The first-order chi connectivity index (χ1) is 13.2. The molecule has 0 atom stereocenters. The average molecular weight is 398 g/mol. The van der Waals surface area contributed by atoms with Crippen LogP contribution in [0.25, 0.3) is 0 Å². The van der Waals surface area contributed by atoms with E-state index in [1.165, 1.54) is 24.3 Å². The highest BCUT2D eigenvalue weighted by Crippen LogP contribution is 2.20. The fourth-order valence-electron chi connectivity index (χ4n) is 2.60. The molecule has 7 heteroatoms. The number of halogens is 1. The first-order valence-electron chi connectivity index (χ1n) is 8.52. The Kier molecular flexibility index (Phi) is 5.46. The molecule has 0 aromatic heterocycles. The van der Waals surface area contributed by atoms with Crippen LogP contribution in [0.2, 0.25) is 0 Å². The molecular weight excluding hydrogens is 379 g/mol. The number of aryl methyl sites for hydroxylation is 2. The van der Waals surface area contributed by atoms with E-state index in [2.05, 4.69) is 10.0 Å². The molecule has 2 N–H and O–H groups in total. The van der Waals surface area contributed by atoms with Crippen molar-refractivity contribution in [2.45, 2.75) is 18.7 Å². The minimum atomic E-state index is -3.98. The topological polar surface area (TPSA) is 75.3 Å². The van der Waals surface area contributed by atoms with Gasteiger partial charge in [-0.25, -0.2) is 12.8 Å². The van der Waals surface area contributed by atoms with Crippen LogP contribution in [0, 0.1) is 19.7 Å². The summed E-state index contributed by atoms with van der Waals surface area (Å²) in [5.74, 6) is -0.970. The van der Waals surface area contributed by atoms with Crippen molar-refractivity contribution in [2.75, 3.05) is 10.0 Å². The zero-order valence-corrected chi connectivity index (χ0v) is 16.2. The van der Waals surface area contributed by atoms with E-state index in [1.807, 2.05) is 25.1 Å². The van der Waals surface area contributed by atoms with Crippen molar-refractivity contribution in [2.24, 2.45) is 0 Å². The van der Waals surface area contributed by atoms with Crippen molar-refractivity contribution >= 4 is 27.3 Å². The zero-order valence-electron chi connectivity index (χ0n) is 15.4. The number of carbonyl (C=O) groups is 1. The van der Waals surface area contributed by atoms with Crippen LogP contribution < -0.4 is 10.0 Å². The summed E-state index contributed by atoms with van der Waals surface area (Å²) in [6.45, 7) is 3.47. The molecule has 0 spiro atoms. The van der Waals surface area contributed by atoms with Gasteiger partial charge in [-0.15, -0.1) is 0 Å². The molecule has 0 heterocycles. The van der Waals surface area contributed by atoms with Gasteiger partial charge < -0.3 is 5.32 Å². The first kappa shape index (κ1) is 19.6. The zero-order chi connectivity index (χ0) is 20.3. The number of amides is 1. The van der Waals surface area contributed by atoms with Gasteiger partial charge >= 0.3 is 0 Å². The Morgan fingerprint density at radius 2 is 1.61 bits per heavy atom. The lowest BCUT2D eigenvalue weighted by Gasteiger charge is -2.11. The molecule has 0 aliphatic carbocycles. The second-order valence-electron chi connectivity index (χ2n) is 6.42. The fourth-order valence-corrected chi connectivity index (χ4v) is 3.67. The van der Waals surface area contributed by atoms with E-state index in [0.717, 1.165) is 11.6 Å². The molecule has 0 aliphatic rings. The summed E-state index contributed by atoms with van der Waals surface area (Å²) in [5.41, 5.74) is 2.50. The van der Waals surface area contributed by atoms with Crippen LogP contribution in [0.3, 0.4) is 0 Å². The molecule has 144 valence electrons. The van der Waals surface area contributed by atoms with Gasteiger partial charge in [-0.05, 0) is 67.4 Å². The molecule has 0 saturated heterocycles. The second-order valence-corrected chi connectivity index (χ2v) is 8.10. The van der Waals surface area contributed by atoms with E-state index in [1.54, 1.807) is 25.1 Å². The molecule has 3 aromatic rings. The molecule has 0 saturated carbocycles. The summed E-state index contributed by atoms with van der Waals surface area (Å²) >= 11 is 0. The Morgan fingerprint density at radius 3 is 2.32 bits per heavy atom. The lowest BCUT2D eigenvalue weighted by Crippen LogP contribution is -2.15. The van der Waals surface area contributed by atoms with Crippen LogP contribution in [0.4, 0.5) is 15.8 Å². The number of benzene rings is 3. The number of hydrogen-bond acceptors (Lipinski definition) is 3. The highest BCUT2D eigenvalue weighted by atomic mass is 32.2. The lowest BCUT2D eigenvalue weighted by molar-refractivity contribution is 0.102. The van der Waals surface area contributed by atoms with Gasteiger partial charge in [0.05, 0.1) is 4.90 Å². The molecule has 0 bridgehead atoms. The van der Waals surface area contributed by atoms with Crippen LogP contribution in [-0.2, 0) is 10.0 Å². The van der Waals surface area contributed by atoms with Crippen LogP contribution in [-0.4, -0.2) is 14.3 Å². The highest BCUT2D eigenvalue weighted by Gasteiger charge is 2.17. The maximum absolute atomic E-state index is 13.7. The smallest absolute Gasteiger partial charge is 0.261 e. The second kappa shape index (κ2) is 7.82. The lowest BCUT2D eigenvalue weighted by atomic mass is 10.1. The van der Waals surface area contributed by atoms with Crippen molar-refractivity contribution in [1.82, 2.24) is 0 Å². The molecule has 0 radical (unpaired) electrons. The molecule has 1 amide bonds. The van der Waals surface area contributed by atoms with Gasteiger partial charge in [-0.3, -0.25) is 9.52 Å². The normalized spacial score (nSPS) is 11.1. The predicted molar refractivity (Wildman–Crippen MR) is 108 cm³/mol. The van der Waals surface area contributed by atoms with E-state index in [0.29, 0.717) is 11.3 Å². The number of hydrogen-bond donors (Lipinski definition) is 2. The number of anilines is 2. The van der Waals surface area contributed by atoms with Gasteiger partial charge in [0.1, 0.15) is 5.82 Å². The van der Waals surface area contributed by atoms with Crippen molar-refractivity contribution in [3.05, 3.63) is 89.2 Å². The summed E-state index contributed by atoms with van der Waals surface area (Å²) < 4.78 is 41.1. The Labute approximate surface area is 163 Å². The molecule has 5 nitrogen and oxygen atoms in total. The van der Waals surface area contributed by atoms with Crippen LogP contribution >= 0.6 is 0 Å². The third kappa shape index (κ3) is 4.55. The maximum atomic E-state index is 13.7. The summed E-state index contributed by atoms with van der Waals surface area (Å²) in [5, 5.41) is 2.77. The number of carbonyl (C=O) groups excluding carboxylic acids is 1. The quantitative estimate of drug-likeness (QED) is 0.665. The Balaban J connectivity index is 1.80. The van der Waals surface area contributed by atoms with E-state index in [4.69, 9.17) is 0 Å². The van der Waals surface area contributed by atoms with Crippen LogP contribution in [0.15, 0.2) is 71.6 Å². The van der Waals surface area contributed by atoms with Gasteiger partial charge in [0.25, 0.3) is 15.9 Å². The molecule has 0 aliphatic heterocycles. The van der Waals surface area contributed by atoms with Crippen molar-refractivity contribution in [3.63, 3.8) is 0 Å². The van der Waals surface area contributed by atoms with Gasteiger partial charge in [0.2, 0.25) is 0 Å². The molecule has 0 fully saturated rings. The van der Waals surface area contributed by atoms with Crippen LogP contribution in [0.1, 0.15) is 21.5 Å². The largest absolute Gasteiger partial charge is 0.322 e. The predicted octanol–water partition coefficient (Wildman–Crippen LogP) is 4.50. The summed E-state index contributed by atoms with van der Waals surface area (Å²) in [4.78, 5) is 12.3. The Bertz CT molecular complexity index is 1140. The number of nitrogens with one attached hydrogen (secondary N) is 2. The average Bonchev–Trinajstić information content (AvgIpc) is 2.63. The minimum Gasteiger partial charge on any atom is -0.322 e. The van der Waals surface area contributed by atoms with Gasteiger partial charge in [-0.2, -0.15) is 0 Å². The number of sulfonamides is 1. The van der Waals surface area contributed by atoms with Crippen molar-refractivity contribution < 1.29 is 17.6 Å². The molecule has 28 heavy (non-hydrogen) atoms.